The van der Waals surface area contributed by atoms with Gasteiger partial charge >= 0.3 is 0 Å². The predicted molar refractivity (Wildman–Crippen MR) is 76.9 cm³/mol. The molecule has 4 heteroatoms. The Kier molecular flexibility index (Phi) is 5.13. The molecule has 2 rings (SSSR count). The van der Waals surface area contributed by atoms with Gasteiger partial charge in [0.2, 0.25) is 0 Å². The second-order valence-corrected chi connectivity index (χ2v) is 4.72. The molecule has 0 heterocycles. The first-order valence-corrected chi connectivity index (χ1v) is 6.71. The van der Waals surface area contributed by atoms with Crippen LogP contribution in [0.1, 0.15) is 23.2 Å². The second-order valence-electron chi connectivity index (χ2n) is 4.32. The van der Waals surface area contributed by atoms with Crippen molar-refractivity contribution in [2.45, 2.75) is 12.8 Å². The fourth-order valence-corrected chi connectivity index (χ4v) is 1.93. The van der Waals surface area contributed by atoms with Crippen molar-refractivity contribution in [3.8, 4) is 5.75 Å². The maximum Gasteiger partial charge on any atom is 0.163 e. The minimum atomic E-state index is -0.474. The molecule has 0 radical (unpaired) electrons. The molecule has 20 heavy (non-hydrogen) atoms. The average Bonchev–Trinajstić information content (AvgIpc) is 2.48. The Bertz CT molecular complexity index is 584. The van der Waals surface area contributed by atoms with Crippen LogP contribution in [-0.4, -0.2) is 12.4 Å². The van der Waals surface area contributed by atoms with Crippen LogP contribution in [0.25, 0.3) is 0 Å². The van der Waals surface area contributed by atoms with Gasteiger partial charge in [-0.25, -0.2) is 4.39 Å². The topological polar surface area (TPSA) is 26.3 Å². The van der Waals surface area contributed by atoms with E-state index in [0.29, 0.717) is 30.8 Å². The first-order valence-electron chi connectivity index (χ1n) is 6.33. The molecule has 104 valence electrons. The van der Waals surface area contributed by atoms with Crippen molar-refractivity contribution >= 4 is 17.4 Å². The molecule has 0 amide bonds. The number of ether oxygens (including phenoxy) is 1. The average molecular weight is 293 g/mol. The number of hydrogen-bond donors (Lipinski definition) is 0. The highest BCUT2D eigenvalue weighted by Gasteiger charge is 2.05. The van der Waals surface area contributed by atoms with Crippen LogP contribution in [0.15, 0.2) is 48.5 Å². The van der Waals surface area contributed by atoms with E-state index >= 15 is 0 Å². The van der Waals surface area contributed by atoms with E-state index in [-0.39, 0.29) is 10.8 Å². The van der Waals surface area contributed by atoms with Crippen LogP contribution in [0.2, 0.25) is 5.02 Å². The first kappa shape index (κ1) is 14.5. The summed E-state index contributed by atoms with van der Waals surface area (Å²) < 4.78 is 18.4. The third-order valence-corrected chi connectivity index (χ3v) is 3.09. The number of carbonyl (C=O) groups is 1. The summed E-state index contributed by atoms with van der Waals surface area (Å²) in [5.41, 5.74) is 0.706. The Labute approximate surface area is 122 Å². The van der Waals surface area contributed by atoms with Crippen LogP contribution < -0.4 is 4.74 Å². The maximum absolute atomic E-state index is 12.9. The lowest BCUT2D eigenvalue weighted by molar-refractivity contribution is 0.0973. The molecule has 0 bridgehead atoms. The molecule has 0 aliphatic heterocycles. The third kappa shape index (κ3) is 4.07. The summed E-state index contributed by atoms with van der Waals surface area (Å²) in [6.45, 7) is 0.389. The summed E-state index contributed by atoms with van der Waals surface area (Å²) in [7, 11) is 0. The molecule has 0 saturated heterocycles. The molecule has 0 spiro atoms. The van der Waals surface area contributed by atoms with Gasteiger partial charge < -0.3 is 4.74 Å². The zero-order valence-electron chi connectivity index (χ0n) is 10.8. The van der Waals surface area contributed by atoms with Gasteiger partial charge in [-0.05, 0) is 18.6 Å². The molecule has 2 aromatic carbocycles. The molecule has 0 fully saturated rings. The molecular weight excluding hydrogens is 279 g/mol. The van der Waals surface area contributed by atoms with E-state index in [1.165, 1.54) is 18.2 Å². The molecule has 0 aliphatic carbocycles. The van der Waals surface area contributed by atoms with E-state index in [1.54, 1.807) is 12.1 Å². The third-order valence-electron chi connectivity index (χ3n) is 2.80. The van der Waals surface area contributed by atoms with Gasteiger partial charge in [0.05, 0.1) is 11.6 Å². The Hall–Kier alpha value is -1.87. The Morgan fingerprint density at radius 3 is 2.60 bits per heavy atom. The van der Waals surface area contributed by atoms with Crippen molar-refractivity contribution in [2.24, 2.45) is 0 Å². The van der Waals surface area contributed by atoms with E-state index in [0.717, 1.165) is 0 Å². The summed E-state index contributed by atoms with van der Waals surface area (Å²) >= 11 is 5.65. The quantitative estimate of drug-likeness (QED) is 0.578. The smallest absolute Gasteiger partial charge is 0.163 e. The van der Waals surface area contributed by atoms with Crippen LogP contribution in [0, 0.1) is 5.82 Å². The van der Waals surface area contributed by atoms with Gasteiger partial charge in [0.25, 0.3) is 0 Å². The summed E-state index contributed by atoms with van der Waals surface area (Å²) in [6, 6.07) is 13.3. The number of halogens is 2. The van der Waals surface area contributed by atoms with E-state index in [9.17, 15) is 9.18 Å². The minimum absolute atomic E-state index is 0.0304. The highest BCUT2D eigenvalue weighted by atomic mass is 35.5. The van der Waals surface area contributed by atoms with Crippen molar-refractivity contribution in [2.75, 3.05) is 6.61 Å². The van der Waals surface area contributed by atoms with Gasteiger partial charge in [0.1, 0.15) is 11.6 Å². The van der Waals surface area contributed by atoms with Crippen molar-refractivity contribution in [1.29, 1.82) is 0 Å². The molecule has 2 aromatic rings. The highest BCUT2D eigenvalue weighted by Crippen LogP contribution is 2.21. The van der Waals surface area contributed by atoms with Crippen LogP contribution in [0.4, 0.5) is 4.39 Å². The molecule has 0 aromatic heterocycles. The summed E-state index contributed by atoms with van der Waals surface area (Å²) in [5.74, 6) is 0.119. The SMILES string of the molecule is O=C(CCCOc1ccc(F)c(Cl)c1)c1ccccc1. The van der Waals surface area contributed by atoms with Crippen LogP contribution >= 0.6 is 11.6 Å². The Morgan fingerprint density at radius 1 is 1.15 bits per heavy atom. The van der Waals surface area contributed by atoms with Gasteiger partial charge in [0, 0.05) is 18.1 Å². The summed E-state index contributed by atoms with van der Waals surface area (Å²) in [6.07, 6.45) is 1.02. The van der Waals surface area contributed by atoms with E-state index in [2.05, 4.69) is 0 Å². The van der Waals surface area contributed by atoms with Crippen LogP contribution in [0.5, 0.6) is 5.75 Å². The molecule has 2 nitrogen and oxygen atoms in total. The minimum Gasteiger partial charge on any atom is -0.494 e. The number of carbonyl (C=O) groups excluding carboxylic acids is 1. The maximum atomic E-state index is 12.9. The van der Waals surface area contributed by atoms with Crippen molar-refractivity contribution in [3.05, 3.63) is 64.9 Å². The largest absolute Gasteiger partial charge is 0.494 e. The Morgan fingerprint density at radius 2 is 1.90 bits per heavy atom. The Balaban J connectivity index is 1.76. The van der Waals surface area contributed by atoms with Gasteiger partial charge in [-0.3, -0.25) is 4.79 Å². The molecule has 0 aliphatic rings. The normalized spacial score (nSPS) is 10.3. The van der Waals surface area contributed by atoms with Crippen molar-refractivity contribution < 1.29 is 13.9 Å². The number of ketones is 1. The number of hydrogen-bond acceptors (Lipinski definition) is 2. The first-order chi connectivity index (χ1) is 9.66. The molecular formula is C16H14ClFO2. The van der Waals surface area contributed by atoms with Crippen LogP contribution in [0.3, 0.4) is 0 Å². The monoisotopic (exact) mass is 292 g/mol. The van der Waals surface area contributed by atoms with Crippen molar-refractivity contribution in [3.63, 3.8) is 0 Å². The zero-order chi connectivity index (χ0) is 14.4. The van der Waals surface area contributed by atoms with Gasteiger partial charge in [-0.15, -0.1) is 0 Å². The molecule has 0 unspecified atom stereocenters. The molecule has 0 N–H and O–H groups in total. The molecule has 0 saturated carbocycles. The standard InChI is InChI=1S/C16H14ClFO2/c17-14-11-13(8-9-15(14)18)20-10-4-7-16(19)12-5-2-1-3-6-12/h1-3,5-6,8-9,11H,4,7,10H2. The fraction of sp³-hybridized carbons (Fsp3) is 0.188. The fourth-order valence-electron chi connectivity index (χ4n) is 1.76. The van der Waals surface area contributed by atoms with Gasteiger partial charge in [0.15, 0.2) is 5.78 Å². The summed E-state index contributed by atoms with van der Waals surface area (Å²) in [4.78, 5) is 11.8. The summed E-state index contributed by atoms with van der Waals surface area (Å²) in [5, 5.41) is 0.0304. The van der Waals surface area contributed by atoms with Gasteiger partial charge in [-0.2, -0.15) is 0 Å². The lowest BCUT2D eigenvalue weighted by atomic mass is 10.1. The number of Topliss-reactive ketones (excluding diaryl/α,β-unsaturated/α-hetero) is 1. The second kappa shape index (κ2) is 7.06. The number of benzene rings is 2. The van der Waals surface area contributed by atoms with E-state index in [4.69, 9.17) is 16.3 Å². The van der Waals surface area contributed by atoms with Crippen LogP contribution in [-0.2, 0) is 0 Å². The van der Waals surface area contributed by atoms with E-state index < -0.39 is 5.82 Å². The van der Waals surface area contributed by atoms with Gasteiger partial charge in [-0.1, -0.05) is 41.9 Å². The highest BCUT2D eigenvalue weighted by molar-refractivity contribution is 6.30. The number of rotatable bonds is 6. The lowest BCUT2D eigenvalue weighted by Crippen LogP contribution is -2.03. The predicted octanol–water partition coefficient (Wildman–Crippen LogP) is 4.52. The zero-order valence-corrected chi connectivity index (χ0v) is 11.6. The van der Waals surface area contributed by atoms with Crippen molar-refractivity contribution in [1.82, 2.24) is 0 Å². The van der Waals surface area contributed by atoms with E-state index in [1.807, 2.05) is 18.2 Å². The molecule has 0 atom stereocenters. The lowest BCUT2D eigenvalue weighted by Gasteiger charge is -2.06.